The summed E-state index contributed by atoms with van der Waals surface area (Å²) in [6.07, 6.45) is 0.473. The minimum Gasteiger partial charge on any atom is -0.385 e. The Hall–Kier alpha value is -0.540. The zero-order chi connectivity index (χ0) is 14.0. The van der Waals surface area contributed by atoms with E-state index in [2.05, 4.69) is 15.9 Å². The zero-order valence-electron chi connectivity index (χ0n) is 10.3. The van der Waals surface area contributed by atoms with E-state index >= 15 is 0 Å². The first-order valence-electron chi connectivity index (χ1n) is 5.81. The second-order valence-corrected chi connectivity index (χ2v) is 6.44. The van der Waals surface area contributed by atoms with Crippen molar-refractivity contribution in [1.29, 1.82) is 0 Å². The molecule has 0 heterocycles. The van der Waals surface area contributed by atoms with Gasteiger partial charge >= 0.3 is 0 Å². The maximum atomic E-state index is 10.6. The summed E-state index contributed by atoms with van der Waals surface area (Å²) in [5, 5.41) is 11.7. The monoisotopic (exact) mass is 358 g/mol. The first-order chi connectivity index (χ1) is 8.88. The van der Waals surface area contributed by atoms with Crippen LogP contribution in [0.3, 0.4) is 0 Å². The van der Waals surface area contributed by atoms with E-state index in [0.29, 0.717) is 16.5 Å². The minimum atomic E-state index is -0.957. The predicted molar refractivity (Wildman–Crippen MR) is 83.9 cm³/mol. The summed E-state index contributed by atoms with van der Waals surface area (Å²) in [6.45, 7) is 1.79. The van der Waals surface area contributed by atoms with Gasteiger partial charge in [-0.3, -0.25) is 0 Å². The molecule has 1 atom stereocenters. The molecule has 0 radical (unpaired) electrons. The van der Waals surface area contributed by atoms with Crippen LogP contribution >= 0.6 is 39.1 Å². The average molecular weight is 360 g/mol. The van der Waals surface area contributed by atoms with Crippen molar-refractivity contribution in [3.63, 3.8) is 0 Å². The van der Waals surface area contributed by atoms with E-state index in [4.69, 9.17) is 23.2 Å². The Morgan fingerprint density at radius 2 is 1.84 bits per heavy atom. The van der Waals surface area contributed by atoms with Gasteiger partial charge in [-0.25, -0.2) is 0 Å². The highest BCUT2D eigenvalue weighted by molar-refractivity contribution is 9.10. The fraction of sp³-hybridized carbons (Fsp3) is 0.200. The third kappa shape index (κ3) is 3.73. The topological polar surface area (TPSA) is 20.2 Å². The van der Waals surface area contributed by atoms with Gasteiger partial charge in [-0.05, 0) is 42.3 Å². The molecule has 0 saturated carbocycles. The third-order valence-corrected chi connectivity index (χ3v) is 4.21. The van der Waals surface area contributed by atoms with Crippen LogP contribution in [-0.4, -0.2) is 5.11 Å². The minimum absolute atomic E-state index is 0.473. The normalized spacial score (nSPS) is 14.2. The summed E-state index contributed by atoms with van der Waals surface area (Å²) >= 11 is 15.3. The number of hydrogen-bond donors (Lipinski definition) is 1. The molecular weight excluding hydrogens is 347 g/mol. The molecule has 0 saturated heterocycles. The quantitative estimate of drug-likeness (QED) is 0.797. The lowest BCUT2D eigenvalue weighted by molar-refractivity contribution is 0.0576. The number of hydrogen-bond acceptors (Lipinski definition) is 1. The van der Waals surface area contributed by atoms with E-state index in [1.165, 1.54) is 0 Å². The van der Waals surface area contributed by atoms with Crippen molar-refractivity contribution in [2.75, 3.05) is 0 Å². The maximum Gasteiger partial charge on any atom is 0.0909 e. The molecule has 0 bridgehead atoms. The van der Waals surface area contributed by atoms with E-state index in [1.54, 1.807) is 19.1 Å². The van der Waals surface area contributed by atoms with E-state index in [-0.39, 0.29) is 0 Å². The van der Waals surface area contributed by atoms with Gasteiger partial charge < -0.3 is 5.11 Å². The SMILES string of the molecule is CC(O)(Cc1ccc(Cl)c(Cl)c1)c1cccc(Br)c1. The number of aliphatic hydroxyl groups is 1. The molecule has 0 amide bonds. The first kappa shape index (κ1) is 14.9. The third-order valence-electron chi connectivity index (χ3n) is 2.98. The Labute approximate surface area is 131 Å². The van der Waals surface area contributed by atoms with E-state index in [9.17, 15) is 5.11 Å². The Kier molecular flexibility index (Phi) is 4.57. The molecule has 2 aromatic carbocycles. The summed E-state index contributed by atoms with van der Waals surface area (Å²) in [5.41, 5.74) is 0.841. The lowest BCUT2D eigenvalue weighted by Crippen LogP contribution is -2.24. The standard InChI is InChI=1S/C15H13BrCl2O/c1-15(19,11-3-2-4-12(16)8-11)9-10-5-6-13(17)14(18)7-10/h2-8,19H,9H2,1H3. The molecule has 2 rings (SSSR count). The van der Waals surface area contributed by atoms with Crippen molar-refractivity contribution in [2.45, 2.75) is 18.9 Å². The molecular formula is C15H13BrCl2O. The Bertz CT molecular complexity index is 596. The summed E-state index contributed by atoms with van der Waals surface area (Å²) < 4.78 is 0.944. The van der Waals surface area contributed by atoms with Crippen molar-refractivity contribution >= 4 is 39.1 Å². The van der Waals surface area contributed by atoms with E-state index < -0.39 is 5.60 Å². The van der Waals surface area contributed by atoms with Gasteiger partial charge in [-0.15, -0.1) is 0 Å². The van der Waals surface area contributed by atoms with Gasteiger partial charge in [0.1, 0.15) is 0 Å². The molecule has 100 valence electrons. The Morgan fingerprint density at radius 1 is 1.11 bits per heavy atom. The molecule has 4 heteroatoms. The van der Waals surface area contributed by atoms with E-state index in [1.807, 2.05) is 30.3 Å². The number of halogens is 3. The molecule has 19 heavy (non-hydrogen) atoms. The fourth-order valence-electron chi connectivity index (χ4n) is 1.97. The number of benzene rings is 2. The van der Waals surface area contributed by atoms with Crippen LogP contribution in [0.4, 0.5) is 0 Å². The van der Waals surface area contributed by atoms with Crippen molar-refractivity contribution in [3.8, 4) is 0 Å². The summed E-state index contributed by atoms with van der Waals surface area (Å²) in [4.78, 5) is 0. The maximum absolute atomic E-state index is 10.6. The van der Waals surface area contributed by atoms with Gasteiger partial charge in [0.15, 0.2) is 0 Å². The lowest BCUT2D eigenvalue weighted by atomic mass is 9.89. The second kappa shape index (κ2) is 5.84. The molecule has 0 aliphatic rings. The van der Waals surface area contributed by atoms with Crippen molar-refractivity contribution in [2.24, 2.45) is 0 Å². The molecule has 0 aliphatic carbocycles. The molecule has 0 aromatic heterocycles. The van der Waals surface area contributed by atoms with Crippen molar-refractivity contribution in [1.82, 2.24) is 0 Å². The van der Waals surface area contributed by atoms with Crippen molar-refractivity contribution in [3.05, 3.63) is 68.1 Å². The lowest BCUT2D eigenvalue weighted by Gasteiger charge is -2.24. The van der Waals surface area contributed by atoms with Crippen molar-refractivity contribution < 1.29 is 5.11 Å². The van der Waals surface area contributed by atoms with Gasteiger partial charge in [0, 0.05) is 10.9 Å². The molecule has 1 unspecified atom stereocenters. The fourth-order valence-corrected chi connectivity index (χ4v) is 2.69. The second-order valence-electron chi connectivity index (χ2n) is 4.71. The highest BCUT2D eigenvalue weighted by Gasteiger charge is 2.24. The van der Waals surface area contributed by atoms with Gasteiger partial charge in [-0.2, -0.15) is 0 Å². The van der Waals surface area contributed by atoms with Crippen LogP contribution in [0, 0.1) is 0 Å². The van der Waals surface area contributed by atoms with Gasteiger partial charge in [0.05, 0.1) is 15.6 Å². The van der Waals surface area contributed by atoms with E-state index in [0.717, 1.165) is 15.6 Å². The van der Waals surface area contributed by atoms with Crippen LogP contribution in [0.25, 0.3) is 0 Å². The first-order valence-corrected chi connectivity index (χ1v) is 7.36. The average Bonchev–Trinajstić information content (AvgIpc) is 2.33. The zero-order valence-corrected chi connectivity index (χ0v) is 13.4. The molecule has 1 nitrogen and oxygen atoms in total. The van der Waals surface area contributed by atoms with Crippen LogP contribution in [0.2, 0.25) is 10.0 Å². The Morgan fingerprint density at radius 3 is 2.47 bits per heavy atom. The van der Waals surface area contributed by atoms with Crippen LogP contribution < -0.4 is 0 Å². The summed E-state index contributed by atoms with van der Waals surface area (Å²) in [5.74, 6) is 0. The molecule has 0 spiro atoms. The highest BCUT2D eigenvalue weighted by atomic mass is 79.9. The highest BCUT2D eigenvalue weighted by Crippen LogP contribution is 2.30. The van der Waals surface area contributed by atoms with Gasteiger partial charge in [0.2, 0.25) is 0 Å². The van der Waals surface area contributed by atoms with Crippen LogP contribution in [0.1, 0.15) is 18.1 Å². The van der Waals surface area contributed by atoms with Crippen LogP contribution in [0.15, 0.2) is 46.9 Å². The van der Waals surface area contributed by atoms with Crippen LogP contribution in [-0.2, 0) is 12.0 Å². The molecule has 0 aliphatic heterocycles. The predicted octanol–water partition coefficient (Wildman–Crippen LogP) is 5.21. The van der Waals surface area contributed by atoms with Gasteiger partial charge in [-0.1, -0.05) is 57.3 Å². The molecule has 1 N–H and O–H groups in total. The molecule has 2 aromatic rings. The smallest absolute Gasteiger partial charge is 0.0909 e. The Balaban J connectivity index is 2.27. The summed E-state index contributed by atoms with van der Waals surface area (Å²) in [7, 11) is 0. The van der Waals surface area contributed by atoms with Gasteiger partial charge in [0.25, 0.3) is 0 Å². The summed E-state index contributed by atoms with van der Waals surface area (Å²) in [6, 6.07) is 13.1. The van der Waals surface area contributed by atoms with Crippen LogP contribution in [0.5, 0.6) is 0 Å². The molecule has 0 fully saturated rings. The largest absolute Gasteiger partial charge is 0.385 e. The number of rotatable bonds is 3.